The van der Waals surface area contributed by atoms with Gasteiger partial charge in [0.2, 0.25) is 0 Å². The van der Waals surface area contributed by atoms with Gasteiger partial charge in [0.15, 0.2) is 5.96 Å². The van der Waals surface area contributed by atoms with E-state index in [4.69, 9.17) is 4.74 Å². The molecule has 2 aromatic rings. The number of para-hydroxylation sites is 1. The van der Waals surface area contributed by atoms with Crippen LogP contribution < -0.4 is 15.4 Å². The van der Waals surface area contributed by atoms with Crippen molar-refractivity contribution < 1.29 is 4.74 Å². The molecule has 1 aromatic heterocycles. The Morgan fingerprint density at radius 2 is 2.13 bits per heavy atom. The molecule has 6 heteroatoms. The standard InChI is InChI=1S/C17H25N5O/c1-4-18-17(19-9-10-22-13-14(2)11-21-22)20-12-15-7-5-6-8-16(15)23-3/h5-8,11,13H,4,9-10,12H2,1-3H3,(H2,18,19,20). The molecule has 0 unspecified atom stereocenters. The molecule has 2 rings (SSSR count). The summed E-state index contributed by atoms with van der Waals surface area (Å²) in [6.45, 7) is 7.04. The van der Waals surface area contributed by atoms with Crippen molar-refractivity contribution in [2.24, 2.45) is 4.99 Å². The molecule has 0 radical (unpaired) electrons. The summed E-state index contributed by atoms with van der Waals surface area (Å²) >= 11 is 0. The molecule has 1 heterocycles. The van der Waals surface area contributed by atoms with Crippen molar-refractivity contribution >= 4 is 5.96 Å². The van der Waals surface area contributed by atoms with Crippen molar-refractivity contribution in [1.82, 2.24) is 20.4 Å². The topological polar surface area (TPSA) is 63.5 Å². The first-order chi connectivity index (χ1) is 11.2. The van der Waals surface area contributed by atoms with Crippen LogP contribution in [0.5, 0.6) is 5.75 Å². The highest BCUT2D eigenvalue weighted by atomic mass is 16.5. The largest absolute Gasteiger partial charge is 0.496 e. The molecule has 0 aliphatic carbocycles. The molecule has 0 atom stereocenters. The average Bonchev–Trinajstić information content (AvgIpc) is 2.98. The number of guanidine groups is 1. The Hall–Kier alpha value is -2.50. The summed E-state index contributed by atoms with van der Waals surface area (Å²) in [5, 5.41) is 10.8. The Morgan fingerprint density at radius 3 is 2.83 bits per heavy atom. The van der Waals surface area contributed by atoms with Gasteiger partial charge in [0.05, 0.1) is 26.4 Å². The summed E-state index contributed by atoms with van der Waals surface area (Å²) in [7, 11) is 1.68. The molecule has 0 saturated heterocycles. The Bertz CT molecular complexity index is 635. The molecule has 0 aliphatic heterocycles. The molecule has 0 saturated carbocycles. The fourth-order valence-corrected chi connectivity index (χ4v) is 2.22. The van der Waals surface area contributed by atoms with Gasteiger partial charge >= 0.3 is 0 Å². The zero-order valence-electron chi connectivity index (χ0n) is 14.0. The second-order valence-electron chi connectivity index (χ2n) is 5.21. The van der Waals surface area contributed by atoms with Crippen LogP contribution in [0.4, 0.5) is 0 Å². The number of nitrogens with one attached hydrogen (secondary N) is 2. The number of benzene rings is 1. The van der Waals surface area contributed by atoms with Crippen LogP contribution in [0.1, 0.15) is 18.1 Å². The Kier molecular flexibility index (Phi) is 6.47. The minimum Gasteiger partial charge on any atom is -0.496 e. The Morgan fingerprint density at radius 1 is 1.30 bits per heavy atom. The summed E-state index contributed by atoms with van der Waals surface area (Å²) in [6.07, 6.45) is 3.89. The van der Waals surface area contributed by atoms with E-state index in [1.807, 2.05) is 48.3 Å². The molecular weight excluding hydrogens is 290 g/mol. The SMILES string of the molecule is CCNC(=NCc1ccccc1OC)NCCn1cc(C)cn1. The van der Waals surface area contributed by atoms with Gasteiger partial charge in [-0.3, -0.25) is 4.68 Å². The summed E-state index contributed by atoms with van der Waals surface area (Å²) in [5.74, 6) is 1.65. The van der Waals surface area contributed by atoms with Crippen LogP contribution in [0, 0.1) is 6.92 Å². The lowest BCUT2D eigenvalue weighted by Crippen LogP contribution is -2.38. The summed E-state index contributed by atoms with van der Waals surface area (Å²) < 4.78 is 7.28. The first-order valence-electron chi connectivity index (χ1n) is 7.86. The summed E-state index contributed by atoms with van der Waals surface area (Å²) in [4.78, 5) is 4.61. The molecular formula is C17H25N5O. The first-order valence-corrected chi connectivity index (χ1v) is 7.86. The van der Waals surface area contributed by atoms with E-state index in [1.165, 1.54) is 5.56 Å². The predicted octanol–water partition coefficient (Wildman–Crippen LogP) is 1.96. The molecule has 0 fully saturated rings. The lowest BCUT2D eigenvalue weighted by atomic mass is 10.2. The normalized spacial score (nSPS) is 11.3. The number of rotatable bonds is 7. The van der Waals surface area contributed by atoms with E-state index < -0.39 is 0 Å². The smallest absolute Gasteiger partial charge is 0.191 e. The molecule has 2 N–H and O–H groups in total. The quantitative estimate of drug-likeness (QED) is 0.605. The zero-order chi connectivity index (χ0) is 16.5. The molecule has 23 heavy (non-hydrogen) atoms. The van der Waals surface area contributed by atoms with E-state index in [0.717, 1.165) is 36.9 Å². The molecule has 0 amide bonds. The monoisotopic (exact) mass is 315 g/mol. The molecule has 0 spiro atoms. The highest BCUT2D eigenvalue weighted by Gasteiger charge is 2.02. The number of aryl methyl sites for hydroxylation is 1. The molecule has 6 nitrogen and oxygen atoms in total. The molecule has 0 aliphatic rings. The number of nitrogens with zero attached hydrogens (tertiary/aromatic N) is 3. The van der Waals surface area contributed by atoms with E-state index in [0.29, 0.717) is 6.54 Å². The van der Waals surface area contributed by atoms with Crippen LogP contribution in [0.3, 0.4) is 0 Å². The van der Waals surface area contributed by atoms with Crippen molar-refractivity contribution in [1.29, 1.82) is 0 Å². The summed E-state index contributed by atoms with van der Waals surface area (Å²) in [5.41, 5.74) is 2.23. The second-order valence-corrected chi connectivity index (χ2v) is 5.21. The van der Waals surface area contributed by atoms with Gasteiger partial charge in [-0.2, -0.15) is 5.10 Å². The number of hydrogen-bond acceptors (Lipinski definition) is 3. The molecule has 1 aromatic carbocycles. The lowest BCUT2D eigenvalue weighted by Gasteiger charge is -2.12. The third kappa shape index (κ3) is 5.32. The maximum atomic E-state index is 5.36. The molecule has 124 valence electrons. The van der Waals surface area contributed by atoms with Crippen LogP contribution in [0.2, 0.25) is 0 Å². The zero-order valence-corrected chi connectivity index (χ0v) is 14.0. The van der Waals surface area contributed by atoms with Crippen molar-refractivity contribution in [2.45, 2.75) is 26.9 Å². The Labute approximate surface area is 137 Å². The van der Waals surface area contributed by atoms with Crippen LogP contribution in [0.25, 0.3) is 0 Å². The van der Waals surface area contributed by atoms with E-state index in [-0.39, 0.29) is 0 Å². The van der Waals surface area contributed by atoms with Gasteiger partial charge in [-0.05, 0) is 25.5 Å². The van der Waals surface area contributed by atoms with E-state index in [1.54, 1.807) is 7.11 Å². The highest BCUT2D eigenvalue weighted by Crippen LogP contribution is 2.17. The first kappa shape index (κ1) is 16.9. The van der Waals surface area contributed by atoms with Crippen molar-refractivity contribution in [3.8, 4) is 5.75 Å². The van der Waals surface area contributed by atoms with Gasteiger partial charge in [-0.15, -0.1) is 0 Å². The minimum atomic E-state index is 0.570. The average molecular weight is 315 g/mol. The van der Waals surface area contributed by atoms with Gasteiger partial charge in [-0.25, -0.2) is 4.99 Å². The summed E-state index contributed by atoms with van der Waals surface area (Å²) in [6, 6.07) is 7.93. The van der Waals surface area contributed by atoms with Gasteiger partial charge < -0.3 is 15.4 Å². The van der Waals surface area contributed by atoms with Gasteiger partial charge in [0.25, 0.3) is 0 Å². The highest BCUT2D eigenvalue weighted by molar-refractivity contribution is 5.79. The van der Waals surface area contributed by atoms with E-state index in [9.17, 15) is 0 Å². The van der Waals surface area contributed by atoms with Crippen molar-refractivity contribution in [3.05, 3.63) is 47.8 Å². The lowest BCUT2D eigenvalue weighted by molar-refractivity contribution is 0.410. The predicted molar refractivity (Wildman–Crippen MR) is 92.8 cm³/mol. The Balaban J connectivity index is 1.91. The third-order valence-electron chi connectivity index (χ3n) is 3.34. The number of aliphatic imine (C=N–C) groups is 1. The minimum absolute atomic E-state index is 0.570. The van der Waals surface area contributed by atoms with Crippen molar-refractivity contribution in [2.75, 3.05) is 20.2 Å². The molecule has 0 bridgehead atoms. The fourth-order valence-electron chi connectivity index (χ4n) is 2.22. The van der Waals surface area contributed by atoms with E-state index in [2.05, 4.69) is 27.6 Å². The van der Waals surface area contributed by atoms with Gasteiger partial charge in [0.1, 0.15) is 5.75 Å². The van der Waals surface area contributed by atoms with Crippen molar-refractivity contribution in [3.63, 3.8) is 0 Å². The van der Waals surface area contributed by atoms with Crippen LogP contribution in [0.15, 0.2) is 41.7 Å². The van der Waals surface area contributed by atoms with Crippen LogP contribution >= 0.6 is 0 Å². The van der Waals surface area contributed by atoms with Gasteiger partial charge in [-0.1, -0.05) is 18.2 Å². The van der Waals surface area contributed by atoms with Crippen LogP contribution in [-0.4, -0.2) is 35.9 Å². The number of aromatic nitrogens is 2. The number of hydrogen-bond donors (Lipinski definition) is 2. The second kappa shape index (κ2) is 8.82. The van der Waals surface area contributed by atoms with Gasteiger partial charge in [0, 0.05) is 24.8 Å². The fraction of sp³-hybridized carbons (Fsp3) is 0.412. The number of ether oxygens (including phenoxy) is 1. The van der Waals surface area contributed by atoms with Crippen LogP contribution in [-0.2, 0) is 13.1 Å². The number of methoxy groups -OCH3 is 1. The third-order valence-corrected chi connectivity index (χ3v) is 3.34. The maximum absolute atomic E-state index is 5.36. The maximum Gasteiger partial charge on any atom is 0.191 e. The van der Waals surface area contributed by atoms with E-state index >= 15 is 0 Å².